The molecule has 4 aromatic rings. The first-order chi connectivity index (χ1) is 14.4. The first-order valence-corrected chi connectivity index (χ1v) is 11.5. The third kappa shape index (κ3) is 3.69. The van der Waals surface area contributed by atoms with Gasteiger partial charge in [0.05, 0.1) is 17.0 Å². The molecule has 0 unspecified atom stereocenters. The number of sulfonamides is 1. The molecule has 0 saturated carbocycles. The normalized spacial score (nSPS) is 11.5. The fourth-order valence-corrected chi connectivity index (χ4v) is 6.24. The lowest BCUT2D eigenvalue weighted by Crippen LogP contribution is -2.30. The molecule has 0 spiro atoms. The molecule has 0 amide bonds. The molecule has 0 aliphatic rings. The van der Waals surface area contributed by atoms with Crippen molar-refractivity contribution < 1.29 is 18.3 Å². The van der Waals surface area contributed by atoms with Crippen molar-refractivity contribution in [1.29, 1.82) is 0 Å². The Labute approximate surface area is 178 Å². The number of carbonyl (C=O) groups is 1. The van der Waals surface area contributed by atoms with Crippen molar-refractivity contribution in [1.82, 2.24) is 0 Å². The van der Waals surface area contributed by atoms with Gasteiger partial charge in [-0.2, -0.15) is 0 Å². The summed E-state index contributed by atoms with van der Waals surface area (Å²) in [6, 6.07) is 22.6. The summed E-state index contributed by atoms with van der Waals surface area (Å²) < 4.78 is 29.7. The van der Waals surface area contributed by atoms with E-state index in [1.165, 1.54) is 39.9 Å². The highest BCUT2D eigenvalue weighted by atomic mass is 32.2. The maximum absolute atomic E-state index is 13.6. The summed E-state index contributed by atoms with van der Waals surface area (Å²) in [4.78, 5) is 11.2. The Kier molecular flexibility index (Phi) is 5.32. The zero-order valence-electron chi connectivity index (χ0n) is 16.1. The summed E-state index contributed by atoms with van der Waals surface area (Å²) in [6.45, 7) is 2.10. The van der Waals surface area contributed by atoms with Crippen LogP contribution in [0.4, 0.5) is 5.00 Å². The van der Waals surface area contributed by atoms with Crippen molar-refractivity contribution in [3.05, 3.63) is 95.6 Å². The van der Waals surface area contributed by atoms with E-state index in [-0.39, 0.29) is 17.0 Å². The van der Waals surface area contributed by atoms with Crippen molar-refractivity contribution in [3.8, 4) is 0 Å². The van der Waals surface area contributed by atoms with Crippen LogP contribution in [-0.2, 0) is 16.6 Å². The second kappa shape index (κ2) is 7.93. The molecule has 0 atom stereocenters. The van der Waals surface area contributed by atoms with Gasteiger partial charge in [0.2, 0.25) is 0 Å². The van der Waals surface area contributed by atoms with Gasteiger partial charge in [-0.1, -0.05) is 48.5 Å². The molecule has 1 heterocycles. The summed E-state index contributed by atoms with van der Waals surface area (Å²) in [5.41, 5.74) is 1.80. The van der Waals surface area contributed by atoms with Gasteiger partial charge in [-0.05, 0) is 53.8 Å². The predicted molar refractivity (Wildman–Crippen MR) is 120 cm³/mol. The van der Waals surface area contributed by atoms with Gasteiger partial charge >= 0.3 is 5.97 Å². The van der Waals surface area contributed by atoms with Gasteiger partial charge < -0.3 is 5.11 Å². The molecule has 0 bridgehead atoms. The molecule has 7 heteroatoms. The number of aryl methyl sites for hydroxylation is 1. The monoisotopic (exact) mass is 437 g/mol. The molecule has 1 N–H and O–H groups in total. The highest BCUT2D eigenvalue weighted by Crippen LogP contribution is 2.40. The molecule has 4 rings (SSSR count). The van der Waals surface area contributed by atoms with Gasteiger partial charge in [0.1, 0.15) is 5.00 Å². The van der Waals surface area contributed by atoms with Crippen LogP contribution in [0, 0.1) is 6.92 Å². The quantitative estimate of drug-likeness (QED) is 0.444. The van der Waals surface area contributed by atoms with Crippen molar-refractivity contribution in [2.45, 2.75) is 18.4 Å². The Morgan fingerprint density at radius 2 is 1.57 bits per heavy atom. The van der Waals surface area contributed by atoms with Crippen LogP contribution in [0.15, 0.2) is 83.8 Å². The third-order valence-corrected chi connectivity index (χ3v) is 8.07. The molecule has 152 valence electrons. The van der Waals surface area contributed by atoms with E-state index >= 15 is 0 Å². The van der Waals surface area contributed by atoms with E-state index in [1.807, 2.05) is 61.5 Å². The molecule has 0 aliphatic heterocycles. The van der Waals surface area contributed by atoms with Crippen LogP contribution in [0.5, 0.6) is 0 Å². The number of carboxylic acid groups (broad SMARTS) is 1. The van der Waals surface area contributed by atoms with Crippen molar-refractivity contribution in [2.24, 2.45) is 0 Å². The van der Waals surface area contributed by atoms with Crippen LogP contribution in [0.25, 0.3) is 10.1 Å². The highest BCUT2D eigenvalue weighted by Gasteiger charge is 2.28. The first-order valence-electron chi connectivity index (χ1n) is 9.26. The Balaban J connectivity index is 1.85. The molecule has 0 aliphatic carbocycles. The maximum atomic E-state index is 13.6. The minimum Gasteiger partial charge on any atom is -0.478 e. The molecule has 5 nitrogen and oxygen atoms in total. The van der Waals surface area contributed by atoms with E-state index in [9.17, 15) is 13.2 Å². The smallest absolute Gasteiger partial charge is 0.335 e. The summed E-state index contributed by atoms with van der Waals surface area (Å²) in [6.07, 6.45) is 0. The van der Waals surface area contributed by atoms with Crippen LogP contribution >= 0.6 is 11.3 Å². The number of nitrogens with zero attached hydrogens (tertiary/aromatic N) is 1. The van der Waals surface area contributed by atoms with Crippen molar-refractivity contribution in [2.75, 3.05) is 4.31 Å². The van der Waals surface area contributed by atoms with Gasteiger partial charge in [0.15, 0.2) is 0 Å². The standard InChI is InChI=1S/C23H19NO4S2/c1-16-20-9-5-6-10-21(20)29-22(16)24(15-17-7-3-2-4-8-17)30(27,28)19-13-11-18(12-14-19)23(25)26/h2-14H,15H2,1H3,(H,25,26). The predicted octanol–water partition coefficient (Wildman–Crippen LogP) is 5.30. The third-order valence-electron chi connectivity index (χ3n) is 4.90. The minimum absolute atomic E-state index is 0.0432. The molecule has 1 aromatic heterocycles. The lowest BCUT2D eigenvalue weighted by molar-refractivity contribution is 0.0696. The SMILES string of the molecule is Cc1c(N(Cc2ccccc2)S(=O)(=O)c2ccc(C(=O)O)cc2)sc2ccccc12. The Morgan fingerprint density at radius 3 is 2.20 bits per heavy atom. The average Bonchev–Trinajstić information content (AvgIpc) is 3.09. The molecular weight excluding hydrogens is 418 g/mol. The number of aromatic carboxylic acids is 1. The van der Waals surface area contributed by atoms with Gasteiger partial charge in [0.25, 0.3) is 10.0 Å². The fourth-order valence-electron chi connectivity index (χ4n) is 3.31. The number of hydrogen-bond acceptors (Lipinski definition) is 4. The topological polar surface area (TPSA) is 74.7 Å². The minimum atomic E-state index is -3.91. The van der Waals surface area contributed by atoms with E-state index in [0.717, 1.165) is 21.2 Å². The van der Waals surface area contributed by atoms with E-state index in [0.29, 0.717) is 5.00 Å². The zero-order chi connectivity index (χ0) is 21.3. The van der Waals surface area contributed by atoms with Crippen molar-refractivity contribution >= 4 is 42.4 Å². The van der Waals surface area contributed by atoms with Crippen LogP contribution < -0.4 is 4.31 Å². The second-order valence-corrected chi connectivity index (χ2v) is 9.75. The van der Waals surface area contributed by atoms with Gasteiger partial charge in [-0.3, -0.25) is 4.31 Å². The number of thiophene rings is 1. The van der Waals surface area contributed by atoms with Gasteiger partial charge in [0, 0.05) is 4.70 Å². The maximum Gasteiger partial charge on any atom is 0.335 e. The number of carboxylic acids is 1. The second-order valence-electron chi connectivity index (χ2n) is 6.86. The fraction of sp³-hybridized carbons (Fsp3) is 0.0870. The Morgan fingerprint density at radius 1 is 0.933 bits per heavy atom. The molecule has 3 aromatic carbocycles. The van der Waals surface area contributed by atoms with Gasteiger partial charge in [-0.25, -0.2) is 13.2 Å². The van der Waals surface area contributed by atoms with Gasteiger partial charge in [-0.15, -0.1) is 11.3 Å². The van der Waals surface area contributed by atoms with Crippen LogP contribution in [0.2, 0.25) is 0 Å². The molecule has 0 saturated heterocycles. The number of hydrogen-bond donors (Lipinski definition) is 1. The molecule has 30 heavy (non-hydrogen) atoms. The molecular formula is C23H19NO4S2. The van der Waals surface area contributed by atoms with Crippen LogP contribution in [0.3, 0.4) is 0 Å². The lowest BCUT2D eigenvalue weighted by atomic mass is 10.2. The van der Waals surface area contributed by atoms with E-state index < -0.39 is 16.0 Å². The highest BCUT2D eigenvalue weighted by molar-refractivity contribution is 7.93. The summed E-state index contributed by atoms with van der Waals surface area (Å²) in [5.74, 6) is -1.10. The summed E-state index contributed by atoms with van der Waals surface area (Å²) in [7, 11) is -3.91. The lowest BCUT2D eigenvalue weighted by Gasteiger charge is -2.24. The Bertz CT molecular complexity index is 1310. The number of anilines is 1. The first kappa shape index (κ1) is 20.1. The summed E-state index contributed by atoms with van der Waals surface area (Å²) >= 11 is 1.43. The van der Waals surface area contributed by atoms with Crippen LogP contribution in [0.1, 0.15) is 21.5 Å². The van der Waals surface area contributed by atoms with Crippen LogP contribution in [-0.4, -0.2) is 19.5 Å². The average molecular weight is 438 g/mol. The number of fused-ring (bicyclic) bond motifs is 1. The number of rotatable bonds is 6. The van der Waals surface area contributed by atoms with Crippen molar-refractivity contribution in [3.63, 3.8) is 0 Å². The zero-order valence-corrected chi connectivity index (χ0v) is 17.8. The molecule has 0 fully saturated rings. The largest absolute Gasteiger partial charge is 0.478 e. The summed E-state index contributed by atoms with van der Waals surface area (Å²) in [5, 5.41) is 10.8. The van der Waals surface area contributed by atoms with E-state index in [4.69, 9.17) is 5.11 Å². The number of benzene rings is 3. The molecule has 0 radical (unpaired) electrons. The Hall–Kier alpha value is -3.16. The van der Waals surface area contributed by atoms with E-state index in [1.54, 1.807) is 0 Å². The van der Waals surface area contributed by atoms with E-state index in [2.05, 4.69) is 0 Å².